The van der Waals surface area contributed by atoms with Gasteiger partial charge in [0.15, 0.2) is 0 Å². The van der Waals surface area contributed by atoms with Crippen LogP contribution >= 0.6 is 0 Å². The molecule has 0 saturated carbocycles. The van der Waals surface area contributed by atoms with Crippen LogP contribution in [-0.4, -0.2) is 11.1 Å². The molecule has 0 atom stereocenters. The zero-order chi connectivity index (χ0) is 12.5. The van der Waals surface area contributed by atoms with Gasteiger partial charge in [0.05, 0.1) is 0 Å². The van der Waals surface area contributed by atoms with Gasteiger partial charge in [-0.1, -0.05) is 31.2 Å². The Morgan fingerprint density at radius 3 is 2.82 bits per heavy atom. The zero-order valence-corrected chi connectivity index (χ0v) is 9.94. The molecule has 1 aromatic carbocycles. The van der Waals surface area contributed by atoms with Gasteiger partial charge in [-0.15, -0.1) is 11.8 Å². The zero-order valence-electron chi connectivity index (χ0n) is 9.94. The van der Waals surface area contributed by atoms with Gasteiger partial charge in [0.1, 0.15) is 0 Å². The van der Waals surface area contributed by atoms with Crippen LogP contribution in [0.3, 0.4) is 0 Å². The molecule has 0 aliphatic rings. The van der Waals surface area contributed by atoms with Crippen molar-refractivity contribution in [2.45, 2.75) is 26.2 Å². The minimum absolute atomic E-state index is 0.811. The summed E-state index contributed by atoms with van der Waals surface area (Å²) in [4.78, 5) is 10.5. The van der Waals surface area contributed by atoms with Gasteiger partial charge in [0.25, 0.3) is 0 Å². The minimum Gasteiger partial charge on any atom is -0.478 e. The van der Waals surface area contributed by atoms with Crippen LogP contribution in [0.25, 0.3) is 6.08 Å². The molecule has 2 heteroatoms. The molecule has 0 heterocycles. The lowest BCUT2D eigenvalue weighted by atomic mass is 10.0. The summed E-state index contributed by atoms with van der Waals surface area (Å²) in [6.45, 7) is 2.02. The summed E-state index contributed by atoms with van der Waals surface area (Å²) in [5.41, 5.74) is 2.09. The first-order valence-electron chi connectivity index (χ1n) is 5.68. The number of rotatable bonds is 4. The lowest BCUT2D eigenvalue weighted by Crippen LogP contribution is -1.90. The van der Waals surface area contributed by atoms with Crippen LogP contribution in [0.4, 0.5) is 0 Å². The molecule has 0 fully saturated rings. The van der Waals surface area contributed by atoms with Crippen molar-refractivity contribution in [3.8, 4) is 11.8 Å². The third-order valence-corrected chi connectivity index (χ3v) is 2.28. The summed E-state index contributed by atoms with van der Waals surface area (Å²) in [7, 11) is 0. The van der Waals surface area contributed by atoms with E-state index < -0.39 is 5.97 Å². The van der Waals surface area contributed by atoms with Gasteiger partial charge in [-0.25, -0.2) is 4.79 Å². The predicted octanol–water partition coefficient (Wildman–Crippen LogP) is 3.13. The maximum Gasteiger partial charge on any atom is 0.328 e. The fraction of sp³-hybridized carbons (Fsp3) is 0.267. The Bertz CT molecular complexity index is 461. The second-order valence-electron chi connectivity index (χ2n) is 3.58. The third-order valence-electron chi connectivity index (χ3n) is 2.28. The second-order valence-corrected chi connectivity index (χ2v) is 3.58. The topological polar surface area (TPSA) is 37.3 Å². The molecular formula is C15H16O2. The van der Waals surface area contributed by atoms with E-state index in [0.29, 0.717) is 0 Å². The van der Waals surface area contributed by atoms with Gasteiger partial charge in [0.2, 0.25) is 0 Å². The minimum atomic E-state index is -0.925. The quantitative estimate of drug-likeness (QED) is 0.635. The first-order chi connectivity index (χ1) is 8.24. The van der Waals surface area contributed by atoms with Gasteiger partial charge in [-0.2, -0.15) is 0 Å². The van der Waals surface area contributed by atoms with E-state index in [2.05, 4.69) is 11.8 Å². The molecule has 0 aromatic heterocycles. The van der Waals surface area contributed by atoms with E-state index in [1.807, 2.05) is 31.2 Å². The van der Waals surface area contributed by atoms with Crippen LogP contribution in [0.2, 0.25) is 0 Å². The fourth-order valence-electron chi connectivity index (χ4n) is 1.50. The van der Waals surface area contributed by atoms with E-state index >= 15 is 0 Å². The number of hydrogen-bond acceptors (Lipinski definition) is 1. The van der Waals surface area contributed by atoms with E-state index in [4.69, 9.17) is 5.11 Å². The predicted molar refractivity (Wildman–Crippen MR) is 69.5 cm³/mol. The van der Waals surface area contributed by atoms with E-state index in [1.165, 1.54) is 0 Å². The van der Waals surface area contributed by atoms with Crippen LogP contribution in [0.15, 0.2) is 30.3 Å². The van der Waals surface area contributed by atoms with Gasteiger partial charge in [0, 0.05) is 18.9 Å². The number of aliphatic carboxylic acids is 1. The molecule has 0 radical (unpaired) electrons. The van der Waals surface area contributed by atoms with Crippen LogP contribution < -0.4 is 0 Å². The molecule has 0 aliphatic carbocycles. The van der Waals surface area contributed by atoms with Crippen molar-refractivity contribution < 1.29 is 9.90 Å². The lowest BCUT2D eigenvalue weighted by molar-refractivity contribution is -0.131. The molecule has 1 rings (SSSR count). The van der Waals surface area contributed by atoms with E-state index in [1.54, 1.807) is 6.08 Å². The van der Waals surface area contributed by atoms with Gasteiger partial charge in [-0.05, 0) is 23.6 Å². The van der Waals surface area contributed by atoms with Gasteiger partial charge in [-0.3, -0.25) is 0 Å². The number of aryl methyl sites for hydroxylation is 1. The first-order valence-corrected chi connectivity index (χ1v) is 5.68. The van der Waals surface area contributed by atoms with Crippen molar-refractivity contribution in [1.29, 1.82) is 0 Å². The smallest absolute Gasteiger partial charge is 0.328 e. The molecule has 0 saturated heterocycles. The molecular weight excluding hydrogens is 212 g/mol. The molecule has 2 nitrogen and oxygen atoms in total. The molecule has 88 valence electrons. The van der Waals surface area contributed by atoms with Crippen molar-refractivity contribution in [2.75, 3.05) is 0 Å². The molecule has 1 N–H and O–H groups in total. The van der Waals surface area contributed by atoms with Gasteiger partial charge < -0.3 is 5.11 Å². The van der Waals surface area contributed by atoms with Crippen molar-refractivity contribution >= 4 is 12.0 Å². The summed E-state index contributed by atoms with van der Waals surface area (Å²) < 4.78 is 0. The lowest BCUT2D eigenvalue weighted by Gasteiger charge is -2.02. The summed E-state index contributed by atoms with van der Waals surface area (Å²) in [6.07, 6.45) is 5.33. The highest BCUT2D eigenvalue weighted by atomic mass is 16.4. The average molecular weight is 228 g/mol. The van der Waals surface area contributed by atoms with Gasteiger partial charge >= 0.3 is 5.97 Å². The Balaban J connectivity index is 2.74. The number of carbonyl (C=O) groups is 1. The summed E-state index contributed by atoms with van der Waals surface area (Å²) in [5.74, 6) is 5.19. The maximum absolute atomic E-state index is 10.5. The summed E-state index contributed by atoms with van der Waals surface area (Å²) in [5, 5.41) is 8.60. The van der Waals surface area contributed by atoms with E-state index in [0.717, 1.165) is 36.5 Å². The Hall–Kier alpha value is -2.01. The molecule has 1 aromatic rings. The molecule has 0 amide bonds. The second kappa shape index (κ2) is 7.29. The fourth-order valence-corrected chi connectivity index (χ4v) is 1.50. The Morgan fingerprint density at radius 2 is 2.12 bits per heavy atom. The Kier molecular flexibility index (Phi) is 5.60. The van der Waals surface area contributed by atoms with E-state index in [-0.39, 0.29) is 0 Å². The molecule has 17 heavy (non-hydrogen) atoms. The first kappa shape index (κ1) is 13.1. The summed E-state index contributed by atoms with van der Waals surface area (Å²) >= 11 is 0. The average Bonchev–Trinajstić information content (AvgIpc) is 2.33. The Morgan fingerprint density at radius 1 is 1.35 bits per heavy atom. The van der Waals surface area contributed by atoms with Crippen LogP contribution in [0.1, 0.15) is 30.9 Å². The Labute approximate surface area is 102 Å². The molecule has 0 unspecified atom stereocenters. The molecule has 0 spiro atoms. The van der Waals surface area contributed by atoms with Crippen molar-refractivity contribution in [1.82, 2.24) is 0 Å². The van der Waals surface area contributed by atoms with Crippen LogP contribution in [0.5, 0.6) is 0 Å². The number of carboxylic acid groups (broad SMARTS) is 1. The normalized spacial score (nSPS) is 9.94. The molecule has 0 aliphatic heterocycles. The highest BCUT2D eigenvalue weighted by molar-refractivity contribution is 5.85. The monoisotopic (exact) mass is 228 g/mol. The highest BCUT2D eigenvalue weighted by Gasteiger charge is 1.98. The van der Waals surface area contributed by atoms with Crippen molar-refractivity contribution in [3.63, 3.8) is 0 Å². The van der Waals surface area contributed by atoms with Crippen LogP contribution in [-0.2, 0) is 11.2 Å². The number of carboxylic acids is 1. The third kappa shape index (κ3) is 5.03. The standard InChI is InChI=1S/C15H16O2/c1-2-3-4-5-8-13-9-6-7-10-14(13)11-12-15(16)17/h6-7,9-12H,2,5,8H2,1H3,(H,16,17)/b12-11+. The number of benzene rings is 1. The largest absolute Gasteiger partial charge is 0.478 e. The van der Waals surface area contributed by atoms with Crippen LogP contribution in [0, 0.1) is 11.8 Å². The maximum atomic E-state index is 10.5. The van der Waals surface area contributed by atoms with E-state index in [9.17, 15) is 4.79 Å². The molecule has 0 bridgehead atoms. The van der Waals surface area contributed by atoms with Crippen molar-refractivity contribution in [3.05, 3.63) is 41.5 Å². The number of hydrogen-bond donors (Lipinski definition) is 1. The summed E-state index contributed by atoms with van der Waals surface area (Å²) in [6, 6.07) is 7.79. The van der Waals surface area contributed by atoms with Crippen molar-refractivity contribution in [2.24, 2.45) is 0 Å². The highest BCUT2D eigenvalue weighted by Crippen LogP contribution is 2.12. The SMILES string of the molecule is CCC#CCCc1ccccc1/C=C/C(=O)O.